The molecule has 24 heavy (non-hydrogen) atoms. The minimum atomic E-state index is -3.15. The monoisotopic (exact) mass is 359 g/mol. The highest BCUT2D eigenvalue weighted by atomic mass is 32.2. The van der Waals surface area contributed by atoms with Gasteiger partial charge in [0.05, 0.1) is 11.7 Å². The summed E-state index contributed by atoms with van der Waals surface area (Å²) in [6.07, 6.45) is 1.50. The number of piperidine rings is 1. The van der Waals surface area contributed by atoms with E-state index in [2.05, 4.69) is 5.32 Å². The molecule has 2 rings (SSSR count). The molecule has 0 spiro atoms. The van der Waals surface area contributed by atoms with Gasteiger partial charge in [-0.2, -0.15) is 0 Å². The summed E-state index contributed by atoms with van der Waals surface area (Å²) in [5, 5.41) is 3.00. The Kier molecular flexibility index (Phi) is 5.59. The summed E-state index contributed by atoms with van der Waals surface area (Å²) >= 11 is 0. The fourth-order valence-corrected chi connectivity index (χ4v) is 4.44. The first-order valence-corrected chi connectivity index (χ1v) is 10.2. The lowest BCUT2D eigenvalue weighted by molar-refractivity contribution is -0.132. The van der Waals surface area contributed by atoms with Gasteiger partial charge in [-0.1, -0.05) is 0 Å². The number of nitrogens with zero attached hydrogens (tertiary/aromatic N) is 2. The molecule has 1 unspecified atom stereocenters. The van der Waals surface area contributed by atoms with Gasteiger partial charge in [0.25, 0.3) is 0 Å². The zero-order valence-corrected chi connectivity index (χ0v) is 15.9. The molecule has 2 fully saturated rings. The number of nitrogens with one attached hydrogen (secondary N) is 1. The lowest BCUT2D eigenvalue weighted by atomic mass is 10.0. The molecular weight excluding hydrogens is 330 g/mol. The smallest absolute Gasteiger partial charge is 0.225 e. The van der Waals surface area contributed by atoms with Crippen LogP contribution < -0.4 is 5.32 Å². The number of hydrogen-bond donors (Lipinski definition) is 1. The normalized spacial score (nSPS) is 24.4. The first kappa shape index (κ1) is 19.2. The van der Waals surface area contributed by atoms with E-state index in [1.54, 1.807) is 11.8 Å². The van der Waals surface area contributed by atoms with Crippen LogP contribution in [0.1, 0.15) is 47.0 Å². The average molecular weight is 359 g/mol. The fourth-order valence-electron chi connectivity index (χ4n) is 3.31. The summed E-state index contributed by atoms with van der Waals surface area (Å²) < 4.78 is 25.2. The first-order valence-electron chi connectivity index (χ1n) is 8.63. The lowest BCUT2D eigenvalue weighted by Crippen LogP contribution is -2.48. The quantitative estimate of drug-likeness (QED) is 0.795. The third-order valence-corrected chi connectivity index (χ3v) is 6.75. The molecule has 2 amide bonds. The third kappa shape index (κ3) is 4.27. The second kappa shape index (κ2) is 7.00. The number of carbonyl (C=O) groups is 2. The highest BCUT2D eigenvalue weighted by Crippen LogP contribution is 2.26. The summed E-state index contributed by atoms with van der Waals surface area (Å²) in [6, 6.07) is -0.0143. The molecule has 2 saturated heterocycles. The number of likely N-dealkylation sites (tertiary alicyclic amines) is 1. The Morgan fingerprint density at radius 2 is 1.83 bits per heavy atom. The predicted molar refractivity (Wildman–Crippen MR) is 91.8 cm³/mol. The molecule has 1 atom stereocenters. The fraction of sp³-hybridized carbons (Fsp3) is 0.875. The van der Waals surface area contributed by atoms with Crippen molar-refractivity contribution in [1.82, 2.24) is 14.5 Å². The van der Waals surface area contributed by atoms with Crippen molar-refractivity contribution in [2.75, 3.05) is 25.4 Å². The van der Waals surface area contributed by atoms with Crippen molar-refractivity contribution in [2.24, 2.45) is 5.92 Å². The summed E-state index contributed by atoms with van der Waals surface area (Å²) in [6.45, 7) is 8.88. The highest BCUT2D eigenvalue weighted by molar-refractivity contribution is 7.89. The van der Waals surface area contributed by atoms with Crippen molar-refractivity contribution in [3.8, 4) is 0 Å². The zero-order valence-electron chi connectivity index (χ0n) is 15.0. The Labute approximate surface area is 144 Å². The van der Waals surface area contributed by atoms with Crippen molar-refractivity contribution in [1.29, 1.82) is 0 Å². The van der Waals surface area contributed by atoms with Crippen molar-refractivity contribution in [3.05, 3.63) is 0 Å². The van der Waals surface area contributed by atoms with Gasteiger partial charge in [-0.05, 0) is 40.5 Å². The second-order valence-electron chi connectivity index (χ2n) is 7.66. The van der Waals surface area contributed by atoms with E-state index in [0.29, 0.717) is 32.5 Å². The average Bonchev–Trinajstić information content (AvgIpc) is 2.90. The van der Waals surface area contributed by atoms with Crippen molar-refractivity contribution in [2.45, 2.75) is 58.5 Å². The van der Waals surface area contributed by atoms with Crippen LogP contribution in [0.15, 0.2) is 0 Å². The van der Waals surface area contributed by atoms with Gasteiger partial charge in [0, 0.05) is 37.6 Å². The maximum Gasteiger partial charge on any atom is 0.225 e. The van der Waals surface area contributed by atoms with Gasteiger partial charge in [-0.15, -0.1) is 0 Å². The number of sulfonamides is 1. The molecule has 7 nitrogen and oxygen atoms in total. The van der Waals surface area contributed by atoms with Crippen molar-refractivity contribution in [3.63, 3.8) is 0 Å². The van der Waals surface area contributed by atoms with E-state index in [-0.39, 0.29) is 41.5 Å². The number of hydrogen-bond acceptors (Lipinski definition) is 4. The predicted octanol–water partition coefficient (Wildman–Crippen LogP) is 0.564. The van der Waals surface area contributed by atoms with Crippen LogP contribution in [0.5, 0.6) is 0 Å². The standard InChI is InChI=1S/C16H29N3O4S/c1-5-24(22,23)18-8-6-13(7-9-18)17-15(21)12-10-14(20)19(11-12)16(2,3)4/h12-13H,5-11H2,1-4H3,(H,17,21). The van der Waals surface area contributed by atoms with Crippen LogP contribution in [0.2, 0.25) is 0 Å². The molecule has 0 aromatic heterocycles. The van der Waals surface area contributed by atoms with E-state index in [4.69, 9.17) is 0 Å². The minimum absolute atomic E-state index is 0.0143. The highest BCUT2D eigenvalue weighted by Gasteiger charge is 2.40. The second-order valence-corrected chi connectivity index (χ2v) is 9.92. The largest absolute Gasteiger partial charge is 0.353 e. The van der Waals surface area contributed by atoms with Gasteiger partial charge in [-0.3, -0.25) is 9.59 Å². The molecule has 2 aliphatic rings. The van der Waals surface area contributed by atoms with Crippen LogP contribution in [0, 0.1) is 5.92 Å². The molecule has 0 saturated carbocycles. The van der Waals surface area contributed by atoms with Gasteiger partial charge >= 0.3 is 0 Å². The Morgan fingerprint density at radius 3 is 2.29 bits per heavy atom. The molecule has 8 heteroatoms. The summed E-state index contributed by atoms with van der Waals surface area (Å²) in [4.78, 5) is 26.3. The van der Waals surface area contributed by atoms with Crippen molar-refractivity contribution >= 4 is 21.8 Å². The van der Waals surface area contributed by atoms with Gasteiger partial charge < -0.3 is 10.2 Å². The molecule has 2 heterocycles. The topological polar surface area (TPSA) is 86.8 Å². The SMILES string of the molecule is CCS(=O)(=O)N1CCC(NC(=O)C2CC(=O)N(C(C)(C)C)C2)CC1. The Bertz CT molecular complexity index is 589. The zero-order chi connectivity index (χ0) is 18.1. The van der Waals surface area contributed by atoms with E-state index >= 15 is 0 Å². The molecule has 0 aliphatic carbocycles. The van der Waals surface area contributed by atoms with Crippen LogP contribution in [0.3, 0.4) is 0 Å². The number of carbonyl (C=O) groups excluding carboxylic acids is 2. The molecule has 0 aromatic rings. The Morgan fingerprint density at radius 1 is 1.25 bits per heavy atom. The van der Waals surface area contributed by atoms with Crippen molar-refractivity contribution < 1.29 is 18.0 Å². The lowest BCUT2D eigenvalue weighted by Gasteiger charge is -2.33. The summed E-state index contributed by atoms with van der Waals surface area (Å²) in [5.74, 6) is -0.274. The third-order valence-electron chi connectivity index (χ3n) is 4.86. The maximum absolute atomic E-state index is 12.4. The van der Waals surface area contributed by atoms with E-state index in [0.717, 1.165) is 0 Å². The van der Waals surface area contributed by atoms with Gasteiger partial charge in [-0.25, -0.2) is 12.7 Å². The molecule has 0 radical (unpaired) electrons. The molecule has 2 aliphatic heterocycles. The molecular formula is C16H29N3O4S. The molecule has 1 N–H and O–H groups in total. The summed E-state index contributed by atoms with van der Waals surface area (Å²) in [7, 11) is -3.15. The Balaban J connectivity index is 1.86. The maximum atomic E-state index is 12.4. The van der Waals surface area contributed by atoms with Crippen LogP contribution in [0.4, 0.5) is 0 Å². The van der Waals surface area contributed by atoms with Crippen LogP contribution in [0.25, 0.3) is 0 Å². The van der Waals surface area contributed by atoms with Crippen LogP contribution >= 0.6 is 0 Å². The Hall–Kier alpha value is -1.15. The minimum Gasteiger partial charge on any atom is -0.353 e. The van der Waals surface area contributed by atoms with Crippen LogP contribution in [-0.2, 0) is 19.6 Å². The first-order chi connectivity index (χ1) is 11.0. The van der Waals surface area contributed by atoms with E-state index in [9.17, 15) is 18.0 Å². The molecule has 138 valence electrons. The number of amides is 2. The van der Waals surface area contributed by atoms with Gasteiger partial charge in [0.1, 0.15) is 0 Å². The van der Waals surface area contributed by atoms with Gasteiger partial charge in [0.15, 0.2) is 0 Å². The molecule has 0 aromatic carbocycles. The van der Waals surface area contributed by atoms with E-state index in [1.807, 2.05) is 20.8 Å². The van der Waals surface area contributed by atoms with E-state index in [1.165, 1.54) is 4.31 Å². The number of rotatable bonds is 4. The van der Waals surface area contributed by atoms with E-state index < -0.39 is 10.0 Å². The van der Waals surface area contributed by atoms with Gasteiger partial charge in [0.2, 0.25) is 21.8 Å². The van der Waals surface area contributed by atoms with Crippen LogP contribution in [-0.4, -0.2) is 66.4 Å². The molecule has 0 bridgehead atoms. The summed E-state index contributed by atoms with van der Waals surface area (Å²) in [5.41, 5.74) is -0.272.